The number of hydrogen-bond acceptors (Lipinski definition) is 6. The van der Waals surface area contributed by atoms with Gasteiger partial charge in [-0.3, -0.25) is 0 Å². The van der Waals surface area contributed by atoms with Gasteiger partial charge in [0.05, 0.1) is 24.9 Å². The number of alkyl halides is 3. The van der Waals surface area contributed by atoms with Crippen LogP contribution >= 0.6 is 0 Å². The number of esters is 1. The van der Waals surface area contributed by atoms with E-state index in [4.69, 9.17) is 0 Å². The monoisotopic (exact) mass is 392 g/mol. The number of anilines is 1. The summed E-state index contributed by atoms with van der Waals surface area (Å²) in [5, 5.41) is 7.37. The molecule has 28 heavy (non-hydrogen) atoms. The lowest BCUT2D eigenvalue weighted by atomic mass is 10.2. The first kappa shape index (κ1) is 19.2. The fourth-order valence-corrected chi connectivity index (χ4v) is 2.33. The maximum Gasteiger partial charge on any atom is 0.573 e. The molecule has 10 heteroatoms. The molecule has 0 saturated heterocycles. The third-order valence-corrected chi connectivity index (χ3v) is 3.63. The Kier molecular flexibility index (Phi) is 5.48. The Morgan fingerprint density at radius 1 is 1.11 bits per heavy atom. The molecule has 0 saturated carbocycles. The molecule has 2 aromatic carbocycles. The second-order valence-corrected chi connectivity index (χ2v) is 5.57. The maximum atomic E-state index is 12.2. The van der Waals surface area contributed by atoms with Gasteiger partial charge in [0.25, 0.3) is 0 Å². The Morgan fingerprint density at radius 3 is 2.39 bits per heavy atom. The van der Waals surface area contributed by atoms with E-state index in [9.17, 15) is 18.0 Å². The van der Waals surface area contributed by atoms with Gasteiger partial charge in [-0.15, -0.1) is 18.3 Å². The van der Waals surface area contributed by atoms with Crippen molar-refractivity contribution in [3.05, 3.63) is 66.2 Å². The van der Waals surface area contributed by atoms with Crippen LogP contribution in [0.3, 0.4) is 0 Å². The van der Waals surface area contributed by atoms with Gasteiger partial charge in [0, 0.05) is 5.69 Å². The average Bonchev–Trinajstić information content (AvgIpc) is 3.14. The fraction of sp³-hybridized carbons (Fsp3) is 0.167. The number of rotatable bonds is 6. The van der Waals surface area contributed by atoms with Crippen LogP contribution in [-0.4, -0.2) is 34.2 Å². The highest BCUT2D eigenvalue weighted by Crippen LogP contribution is 2.23. The molecule has 0 amide bonds. The highest BCUT2D eigenvalue weighted by molar-refractivity contribution is 5.89. The molecule has 146 valence electrons. The lowest BCUT2D eigenvalue weighted by molar-refractivity contribution is -0.274. The fourth-order valence-electron chi connectivity index (χ4n) is 2.33. The van der Waals surface area contributed by atoms with Crippen molar-refractivity contribution in [1.82, 2.24) is 14.8 Å². The summed E-state index contributed by atoms with van der Waals surface area (Å²) in [7, 11) is 1.31. The topological polar surface area (TPSA) is 78.3 Å². The molecule has 0 aliphatic rings. The number of carbonyl (C=O) groups excluding carboxylic acids is 1. The summed E-state index contributed by atoms with van der Waals surface area (Å²) in [6.07, 6.45) is -3.28. The predicted octanol–water partition coefficient (Wildman–Crippen LogP) is 3.56. The first-order valence-corrected chi connectivity index (χ1v) is 8.03. The summed E-state index contributed by atoms with van der Waals surface area (Å²) in [6, 6.07) is 12.0. The van der Waals surface area contributed by atoms with E-state index in [0.29, 0.717) is 23.6 Å². The van der Waals surface area contributed by atoms with Gasteiger partial charge < -0.3 is 14.8 Å². The van der Waals surface area contributed by atoms with Crippen LogP contribution in [0.15, 0.2) is 54.9 Å². The lowest BCUT2D eigenvalue weighted by Gasteiger charge is -2.09. The van der Waals surface area contributed by atoms with E-state index < -0.39 is 12.3 Å². The number of hydrogen-bond donors (Lipinski definition) is 1. The molecule has 0 radical (unpaired) electrons. The largest absolute Gasteiger partial charge is 0.573 e. The van der Waals surface area contributed by atoms with Gasteiger partial charge in [0.15, 0.2) is 5.82 Å². The molecule has 0 atom stereocenters. The molecule has 0 bridgehead atoms. The molecule has 1 aromatic heterocycles. The van der Waals surface area contributed by atoms with Crippen LogP contribution in [-0.2, 0) is 11.3 Å². The van der Waals surface area contributed by atoms with Gasteiger partial charge in [-0.25, -0.2) is 14.5 Å². The average molecular weight is 392 g/mol. The van der Waals surface area contributed by atoms with Gasteiger partial charge in [-0.2, -0.15) is 0 Å². The van der Waals surface area contributed by atoms with Crippen LogP contribution in [0.1, 0.15) is 16.2 Å². The van der Waals surface area contributed by atoms with Gasteiger partial charge in [-0.1, -0.05) is 0 Å². The minimum absolute atomic E-state index is 0.311. The lowest BCUT2D eigenvalue weighted by Crippen LogP contribution is -2.17. The minimum Gasteiger partial charge on any atom is -0.465 e. The third-order valence-electron chi connectivity index (χ3n) is 3.63. The number of nitrogens with one attached hydrogen (secondary N) is 1. The molecule has 7 nitrogen and oxygen atoms in total. The number of nitrogens with zero attached hydrogens (tertiary/aromatic N) is 3. The number of aromatic nitrogens is 3. The van der Waals surface area contributed by atoms with Crippen molar-refractivity contribution in [3.8, 4) is 11.4 Å². The summed E-state index contributed by atoms with van der Waals surface area (Å²) in [5.74, 6) is -0.250. The summed E-state index contributed by atoms with van der Waals surface area (Å²) in [5.41, 5.74) is 1.74. The normalized spacial score (nSPS) is 11.1. The van der Waals surface area contributed by atoms with Gasteiger partial charge in [-0.05, 0) is 48.5 Å². The maximum absolute atomic E-state index is 12.2. The van der Waals surface area contributed by atoms with Crippen molar-refractivity contribution in [2.45, 2.75) is 12.9 Å². The number of ether oxygens (including phenoxy) is 2. The van der Waals surface area contributed by atoms with E-state index in [-0.39, 0.29) is 5.75 Å². The van der Waals surface area contributed by atoms with Crippen LogP contribution in [0.5, 0.6) is 5.75 Å². The Balaban J connectivity index is 1.60. The Hall–Kier alpha value is -3.56. The first-order valence-electron chi connectivity index (χ1n) is 8.03. The van der Waals surface area contributed by atoms with Crippen LogP contribution in [0, 0.1) is 0 Å². The van der Waals surface area contributed by atoms with Gasteiger partial charge in [0.2, 0.25) is 0 Å². The van der Waals surface area contributed by atoms with E-state index in [2.05, 4.69) is 24.9 Å². The van der Waals surface area contributed by atoms with Crippen LogP contribution in [0.2, 0.25) is 0 Å². The second-order valence-electron chi connectivity index (χ2n) is 5.57. The molecular formula is C18H15F3N4O3. The minimum atomic E-state index is -4.73. The van der Waals surface area contributed by atoms with Crippen molar-refractivity contribution in [1.29, 1.82) is 0 Å². The van der Waals surface area contributed by atoms with Crippen molar-refractivity contribution in [2.75, 3.05) is 12.4 Å². The number of halogens is 3. The Labute approximate surface area is 157 Å². The number of carbonyl (C=O) groups is 1. The zero-order valence-corrected chi connectivity index (χ0v) is 14.6. The second kappa shape index (κ2) is 7.99. The highest BCUT2D eigenvalue weighted by Gasteiger charge is 2.30. The van der Waals surface area contributed by atoms with Crippen molar-refractivity contribution >= 4 is 11.7 Å². The standard InChI is InChI=1S/C18H15F3N4O3/c1-27-17(26)12-2-4-13(5-3-12)22-10-16-23-11-25(24-16)14-6-8-15(9-7-14)28-18(19,20)21/h2-9,11,22H,10H2,1H3. The van der Waals surface area contributed by atoms with Crippen LogP contribution < -0.4 is 10.1 Å². The van der Waals surface area contributed by atoms with Crippen molar-refractivity contribution in [3.63, 3.8) is 0 Å². The number of methoxy groups -OCH3 is 1. The summed E-state index contributed by atoms with van der Waals surface area (Å²) in [6.45, 7) is 0.319. The van der Waals surface area contributed by atoms with E-state index >= 15 is 0 Å². The van der Waals surface area contributed by atoms with Crippen molar-refractivity contribution in [2.24, 2.45) is 0 Å². The zero-order chi connectivity index (χ0) is 20.1. The summed E-state index contributed by atoms with van der Waals surface area (Å²) >= 11 is 0. The first-order chi connectivity index (χ1) is 13.3. The molecule has 0 unspecified atom stereocenters. The molecule has 1 N–H and O–H groups in total. The summed E-state index contributed by atoms with van der Waals surface area (Å²) < 4.78 is 46.5. The molecule has 1 heterocycles. The zero-order valence-electron chi connectivity index (χ0n) is 14.6. The molecule has 0 aliphatic carbocycles. The molecule has 0 spiro atoms. The molecule has 3 aromatic rings. The van der Waals surface area contributed by atoms with Crippen LogP contribution in [0.4, 0.5) is 18.9 Å². The predicted molar refractivity (Wildman–Crippen MR) is 93.2 cm³/mol. The van der Waals surface area contributed by atoms with E-state index in [1.54, 1.807) is 24.3 Å². The van der Waals surface area contributed by atoms with Gasteiger partial charge in [0.1, 0.15) is 12.1 Å². The molecule has 0 aliphatic heterocycles. The SMILES string of the molecule is COC(=O)c1ccc(NCc2ncn(-c3ccc(OC(F)(F)F)cc3)n2)cc1. The number of benzene rings is 2. The van der Waals surface area contributed by atoms with E-state index in [1.165, 1.54) is 42.4 Å². The summed E-state index contributed by atoms with van der Waals surface area (Å²) in [4.78, 5) is 15.6. The molecular weight excluding hydrogens is 377 g/mol. The highest BCUT2D eigenvalue weighted by atomic mass is 19.4. The van der Waals surface area contributed by atoms with Gasteiger partial charge >= 0.3 is 12.3 Å². The molecule has 0 fully saturated rings. The third kappa shape index (κ3) is 5.00. The Bertz CT molecular complexity index is 938. The van der Waals surface area contributed by atoms with Crippen molar-refractivity contribution < 1.29 is 27.4 Å². The smallest absolute Gasteiger partial charge is 0.465 e. The van der Waals surface area contributed by atoms with E-state index in [1.807, 2.05) is 0 Å². The Morgan fingerprint density at radius 2 is 1.79 bits per heavy atom. The quantitative estimate of drug-likeness (QED) is 0.647. The molecule has 3 rings (SSSR count). The van der Waals surface area contributed by atoms with E-state index in [0.717, 1.165) is 5.69 Å². The van der Waals surface area contributed by atoms with Crippen LogP contribution in [0.25, 0.3) is 5.69 Å².